The maximum Gasteiger partial charge on any atom is 0.115 e. The predicted octanol–water partition coefficient (Wildman–Crippen LogP) is 4.13. The van der Waals surface area contributed by atoms with E-state index < -0.39 is 11.0 Å². The number of phenolic OH excluding ortho intramolecular Hbond substituents is 1. The third-order valence-electron chi connectivity index (χ3n) is 8.46. The van der Waals surface area contributed by atoms with E-state index in [-0.39, 0.29) is 11.8 Å². The summed E-state index contributed by atoms with van der Waals surface area (Å²) in [6, 6.07) is 18.1. The molecule has 3 atom stereocenters. The van der Waals surface area contributed by atoms with Crippen LogP contribution in [0.2, 0.25) is 0 Å². The zero-order valence-electron chi connectivity index (χ0n) is 18.4. The number of nitrogens with zero attached hydrogens (tertiary/aromatic N) is 2. The van der Waals surface area contributed by atoms with Crippen LogP contribution in [0.5, 0.6) is 5.75 Å². The van der Waals surface area contributed by atoms with E-state index in [1.807, 2.05) is 30.3 Å². The first-order valence-electron chi connectivity index (χ1n) is 11.7. The number of hydrogen-bond donors (Lipinski definition) is 2. The van der Waals surface area contributed by atoms with E-state index in [1.54, 1.807) is 18.6 Å². The van der Waals surface area contributed by atoms with Crippen molar-refractivity contribution in [1.82, 2.24) is 9.88 Å². The van der Waals surface area contributed by atoms with Gasteiger partial charge in [-0.2, -0.15) is 0 Å². The standard InChI is InChI=1S/C28H26N2O3/c31-22-6-5-19-12-26-28(32)14-21-11-20-3-1-2-4-24(20)29-25(21)15-27(28,23(19)13-22)8-9-30(26)16-18-7-10-33-17-18/h1-7,10-11,13,17,26,31-32H,8-9,12,14-16H2/t26-,27-,28-/m1/s1. The van der Waals surface area contributed by atoms with Crippen LogP contribution >= 0.6 is 0 Å². The van der Waals surface area contributed by atoms with E-state index >= 15 is 0 Å². The number of para-hydroxylation sites is 1. The van der Waals surface area contributed by atoms with Crippen molar-refractivity contribution in [1.29, 1.82) is 0 Å². The number of aliphatic hydroxyl groups is 1. The fourth-order valence-corrected chi connectivity index (χ4v) is 6.90. The first-order chi connectivity index (χ1) is 16.1. The Balaban J connectivity index is 1.42. The molecule has 3 heterocycles. The molecule has 0 radical (unpaired) electrons. The summed E-state index contributed by atoms with van der Waals surface area (Å²) in [6.07, 6.45) is 6.36. The Morgan fingerprint density at radius 2 is 1.97 bits per heavy atom. The number of piperidine rings is 1. The second-order valence-electron chi connectivity index (χ2n) is 10.1. The monoisotopic (exact) mass is 438 g/mol. The number of pyridine rings is 1. The summed E-state index contributed by atoms with van der Waals surface area (Å²) < 4.78 is 5.32. The summed E-state index contributed by atoms with van der Waals surface area (Å²) in [7, 11) is 0. The molecule has 1 aliphatic heterocycles. The minimum absolute atomic E-state index is 0.0159. The smallest absolute Gasteiger partial charge is 0.115 e. The summed E-state index contributed by atoms with van der Waals surface area (Å²) in [5, 5.41) is 24.2. The number of fused-ring (bicyclic) bond motifs is 3. The average molecular weight is 439 g/mol. The topological polar surface area (TPSA) is 69.7 Å². The lowest BCUT2D eigenvalue weighted by Crippen LogP contribution is -2.74. The van der Waals surface area contributed by atoms with Crippen LogP contribution in [0.3, 0.4) is 0 Å². The molecule has 5 heteroatoms. The zero-order valence-corrected chi connectivity index (χ0v) is 18.4. The van der Waals surface area contributed by atoms with Gasteiger partial charge >= 0.3 is 0 Å². The van der Waals surface area contributed by atoms with Crippen LogP contribution in [0.25, 0.3) is 10.9 Å². The van der Waals surface area contributed by atoms with Crippen molar-refractivity contribution in [3.8, 4) is 5.75 Å². The molecule has 166 valence electrons. The maximum absolute atomic E-state index is 12.6. The lowest BCUT2D eigenvalue weighted by Gasteiger charge is -2.63. The zero-order chi connectivity index (χ0) is 22.2. The fourth-order valence-electron chi connectivity index (χ4n) is 6.90. The Labute approximate surface area is 192 Å². The van der Waals surface area contributed by atoms with Crippen molar-refractivity contribution in [2.24, 2.45) is 0 Å². The summed E-state index contributed by atoms with van der Waals surface area (Å²) in [5.41, 5.74) is 5.28. The highest BCUT2D eigenvalue weighted by Crippen LogP contribution is 2.57. The highest BCUT2D eigenvalue weighted by Gasteiger charge is 2.64. The SMILES string of the molecule is Oc1ccc2c(c1)[C@]13CCN(Cc4ccoc4)[C@H](C2)[C@]1(O)Cc1cc2ccccc2nc1C3. The van der Waals surface area contributed by atoms with Crippen molar-refractivity contribution in [2.45, 2.75) is 49.3 Å². The van der Waals surface area contributed by atoms with Gasteiger partial charge in [-0.05, 0) is 66.4 Å². The molecule has 7 rings (SSSR count). The number of hydrogen-bond acceptors (Lipinski definition) is 5. The Morgan fingerprint density at radius 3 is 2.85 bits per heavy atom. The number of likely N-dealkylation sites (tertiary alicyclic amines) is 1. The van der Waals surface area contributed by atoms with E-state index in [1.165, 1.54) is 5.56 Å². The predicted molar refractivity (Wildman–Crippen MR) is 125 cm³/mol. The van der Waals surface area contributed by atoms with Crippen LogP contribution in [0, 0.1) is 0 Å². The molecule has 4 aromatic rings. The van der Waals surface area contributed by atoms with Gasteiger partial charge in [-0.1, -0.05) is 24.3 Å². The highest BCUT2D eigenvalue weighted by atomic mass is 16.3. The summed E-state index contributed by atoms with van der Waals surface area (Å²) >= 11 is 0. The van der Waals surface area contributed by atoms with Crippen LogP contribution < -0.4 is 0 Å². The molecular formula is C28H26N2O3. The number of rotatable bonds is 2. The van der Waals surface area contributed by atoms with Gasteiger partial charge in [-0.15, -0.1) is 0 Å². The summed E-state index contributed by atoms with van der Waals surface area (Å²) in [4.78, 5) is 7.48. The number of phenols is 1. The van der Waals surface area contributed by atoms with Crippen LogP contribution in [-0.4, -0.2) is 38.3 Å². The molecule has 0 saturated carbocycles. The van der Waals surface area contributed by atoms with Gasteiger partial charge in [0, 0.05) is 47.5 Å². The Morgan fingerprint density at radius 1 is 1.06 bits per heavy atom. The molecule has 0 amide bonds. The molecule has 5 nitrogen and oxygen atoms in total. The van der Waals surface area contributed by atoms with Gasteiger partial charge < -0.3 is 14.6 Å². The summed E-state index contributed by atoms with van der Waals surface area (Å²) in [5.74, 6) is 0.266. The van der Waals surface area contributed by atoms with E-state index in [0.717, 1.165) is 59.2 Å². The highest BCUT2D eigenvalue weighted by molar-refractivity contribution is 5.79. The molecule has 2 bridgehead atoms. The van der Waals surface area contributed by atoms with Crippen LogP contribution in [0.4, 0.5) is 0 Å². The van der Waals surface area contributed by atoms with Crippen LogP contribution in [0.1, 0.15) is 34.4 Å². The number of aromatic nitrogens is 1. The molecule has 33 heavy (non-hydrogen) atoms. The van der Waals surface area contributed by atoms with E-state index in [9.17, 15) is 10.2 Å². The van der Waals surface area contributed by atoms with Gasteiger partial charge in [0.1, 0.15) is 5.75 Å². The second-order valence-corrected chi connectivity index (χ2v) is 10.1. The van der Waals surface area contributed by atoms with Crippen molar-refractivity contribution in [3.05, 3.63) is 95.1 Å². The molecule has 2 aromatic heterocycles. The summed E-state index contributed by atoms with van der Waals surface area (Å²) in [6.45, 7) is 1.64. The molecule has 2 N–H and O–H groups in total. The molecule has 2 aliphatic carbocycles. The van der Waals surface area contributed by atoms with Gasteiger partial charge in [-0.25, -0.2) is 0 Å². The molecule has 2 aromatic carbocycles. The minimum Gasteiger partial charge on any atom is -0.508 e. The van der Waals surface area contributed by atoms with Crippen LogP contribution in [0.15, 0.2) is 71.5 Å². The normalized spacial score (nSPS) is 28.2. The van der Waals surface area contributed by atoms with Crippen molar-refractivity contribution in [3.63, 3.8) is 0 Å². The average Bonchev–Trinajstić information content (AvgIpc) is 3.32. The molecule has 1 saturated heterocycles. The first kappa shape index (κ1) is 19.3. The van der Waals surface area contributed by atoms with Gasteiger partial charge in [0.25, 0.3) is 0 Å². The number of aromatic hydroxyl groups is 1. The van der Waals surface area contributed by atoms with Crippen molar-refractivity contribution >= 4 is 10.9 Å². The van der Waals surface area contributed by atoms with E-state index in [0.29, 0.717) is 12.8 Å². The number of benzene rings is 2. The van der Waals surface area contributed by atoms with Gasteiger partial charge in [0.05, 0.1) is 23.6 Å². The quantitative estimate of drug-likeness (QED) is 0.493. The Hall–Kier alpha value is -3.15. The van der Waals surface area contributed by atoms with E-state index in [2.05, 4.69) is 23.1 Å². The first-order valence-corrected chi connectivity index (χ1v) is 11.7. The third kappa shape index (κ3) is 2.63. The fraction of sp³-hybridized carbons (Fsp3) is 0.321. The molecular weight excluding hydrogens is 412 g/mol. The van der Waals surface area contributed by atoms with Gasteiger partial charge in [0.2, 0.25) is 0 Å². The lowest BCUT2D eigenvalue weighted by atomic mass is 9.49. The van der Waals surface area contributed by atoms with Crippen molar-refractivity contribution in [2.75, 3.05) is 6.54 Å². The largest absolute Gasteiger partial charge is 0.508 e. The number of furan rings is 1. The molecule has 0 unspecified atom stereocenters. The molecule has 3 aliphatic rings. The Bertz CT molecular complexity index is 1380. The van der Waals surface area contributed by atoms with Crippen LogP contribution in [-0.2, 0) is 31.2 Å². The lowest BCUT2D eigenvalue weighted by molar-refractivity contribution is -0.153. The maximum atomic E-state index is 12.6. The molecule has 1 fully saturated rings. The molecule has 0 spiro atoms. The van der Waals surface area contributed by atoms with Gasteiger partial charge in [-0.3, -0.25) is 9.88 Å². The van der Waals surface area contributed by atoms with Crippen molar-refractivity contribution < 1.29 is 14.6 Å². The van der Waals surface area contributed by atoms with E-state index in [4.69, 9.17) is 9.40 Å². The Kier molecular flexibility index (Phi) is 3.92. The van der Waals surface area contributed by atoms with Gasteiger partial charge in [0.15, 0.2) is 0 Å². The minimum atomic E-state index is -0.938. The second kappa shape index (κ2) is 6.69. The third-order valence-corrected chi connectivity index (χ3v) is 8.46.